The predicted octanol–water partition coefficient (Wildman–Crippen LogP) is 3.22. The molecule has 0 aromatic heterocycles. The van der Waals surface area contributed by atoms with E-state index in [0.29, 0.717) is 5.92 Å². The summed E-state index contributed by atoms with van der Waals surface area (Å²) >= 11 is 0. The highest BCUT2D eigenvalue weighted by molar-refractivity contribution is 5.09. The van der Waals surface area contributed by atoms with E-state index in [1.54, 1.807) is 0 Å². The van der Waals surface area contributed by atoms with Crippen LogP contribution in [0.15, 0.2) is 24.3 Å². The van der Waals surface area contributed by atoms with Crippen LogP contribution in [0.4, 0.5) is 0 Å². The van der Waals surface area contributed by atoms with Crippen molar-refractivity contribution in [2.75, 3.05) is 6.61 Å². The topological polar surface area (TPSA) is 49.7 Å². The summed E-state index contributed by atoms with van der Waals surface area (Å²) in [6, 6.07) is 0. The Labute approximate surface area is 123 Å². The maximum Gasteiger partial charge on any atom is 0.0788 e. The fourth-order valence-electron chi connectivity index (χ4n) is 2.63. The van der Waals surface area contributed by atoms with E-state index in [0.717, 1.165) is 49.7 Å². The average molecular weight is 282 g/mol. The summed E-state index contributed by atoms with van der Waals surface area (Å²) in [5.74, 6) is 0.356. The molecule has 1 fully saturated rings. The fourth-order valence-corrected chi connectivity index (χ4v) is 2.63. The molecule has 1 saturated heterocycles. The molecule has 2 N–H and O–H groups in total. The van der Waals surface area contributed by atoms with Gasteiger partial charge < -0.3 is 14.9 Å². The van der Waals surface area contributed by atoms with Gasteiger partial charge in [-0.25, -0.2) is 0 Å². The zero-order valence-corrected chi connectivity index (χ0v) is 13.0. The van der Waals surface area contributed by atoms with E-state index in [1.807, 2.05) is 6.92 Å². The Bertz CT molecular complexity index is 324. The second-order valence-corrected chi connectivity index (χ2v) is 6.19. The Hall–Kier alpha value is -0.640. The van der Waals surface area contributed by atoms with Gasteiger partial charge in [0.15, 0.2) is 0 Å². The summed E-state index contributed by atoms with van der Waals surface area (Å²) < 4.78 is 5.94. The van der Waals surface area contributed by atoms with E-state index in [2.05, 4.69) is 20.1 Å². The third kappa shape index (κ3) is 5.78. The average Bonchev–Trinajstić information content (AvgIpc) is 2.74. The molecule has 4 atom stereocenters. The summed E-state index contributed by atoms with van der Waals surface area (Å²) in [5, 5.41) is 18.9. The third-order valence-electron chi connectivity index (χ3n) is 4.22. The lowest BCUT2D eigenvalue weighted by Gasteiger charge is -2.19. The van der Waals surface area contributed by atoms with Crippen molar-refractivity contribution in [3.05, 3.63) is 24.3 Å². The first-order valence-electron chi connectivity index (χ1n) is 7.71. The van der Waals surface area contributed by atoms with Gasteiger partial charge in [-0.1, -0.05) is 25.7 Å². The molecule has 0 spiro atoms. The van der Waals surface area contributed by atoms with E-state index in [1.165, 1.54) is 0 Å². The second kappa shape index (κ2) is 8.60. The predicted molar refractivity (Wildman–Crippen MR) is 82.6 cm³/mol. The molecule has 1 aliphatic heterocycles. The Morgan fingerprint density at radius 2 is 2.15 bits per heavy atom. The zero-order valence-electron chi connectivity index (χ0n) is 13.0. The number of allylic oxidation sites excluding steroid dienone is 1. The molecule has 0 amide bonds. The van der Waals surface area contributed by atoms with Crippen molar-refractivity contribution in [1.29, 1.82) is 0 Å². The van der Waals surface area contributed by atoms with Gasteiger partial charge in [0, 0.05) is 6.61 Å². The van der Waals surface area contributed by atoms with Gasteiger partial charge in [0.25, 0.3) is 0 Å². The van der Waals surface area contributed by atoms with Crippen LogP contribution in [0.5, 0.6) is 0 Å². The Morgan fingerprint density at radius 1 is 1.45 bits per heavy atom. The van der Waals surface area contributed by atoms with Crippen LogP contribution in [0.25, 0.3) is 0 Å². The lowest BCUT2D eigenvalue weighted by atomic mass is 9.93. The fraction of sp³-hybridized carbons (Fsp3) is 0.765. The maximum atomic E-state index is 10.1. The van der Waals surface area contributed by atoms with Gasteiger partial charge in [0.1, 0.15) is 0 Å². The standard InChI is InChI=1S/C17H30O3/c1-12(2)13(3)10-15(19)7-8-17-14(4)11-16(20-17)6-5-9-18/h13,15-19H,1,4-11H2,2-3H3/t13?,15-,16+,17+/m1/s1. The Kier molecular flexibility index (Phi) is 7.49. The second-order valence-electron chi connectivity index (χ2n) is 6.19. The first-order chi connectivity index (χ1) is 9.43. The molecule has 116 valence electrons. The van der Waals surface area contributed by atoms with E-state index in [-0.39, 0.29) is 24.9 Å². The molecule has 1 heterocycles. The third-order valence-corrected chi connectivity index (χ3v) is 4.22. The van der Waals surface area contributed by atoms with Gasteiger partial charge in [0.05, 0.1) is 18.3 Å². The van der Waals surface area contributed by atoms with Crippen LogP contribution >= 0.6 is 0 Å². The van der Waals surface area contributed by atoms with Crippen LogP contribution < -0.4 is 0 Å². The zero-order chi connectivity index (χ0) is 15.1. The molecular weight excluding hydrogens is 252 g/mol. The smallest absolute Gasteiger partial charge is 0.0788 e. The van der Waals surface area contributed by atoms with E-state index >= 15 is 0 Å². The highest BCUT2D eigenvalue weighted by atomic mass is 16.5. The number of aliphatic hydroxyl groups excluding tert-OH is 2. The monoisotopic (exact) mass is 282 g/mol. The first-order valence-corrected chi connectivity index (χ1v) is 7.71. The van der Waals surface area contributed by atoms with Crippen LogP contribution in [0.1, 0.15) is 52.4 Å². The summed E-state index contributed by atoms with van der Waals surface area (Å²) in [7, 11) is 0. The molecule has 0 aromatic carbocycles. The molecule has 0 saturated carbocycles. The number of hydrogen-bond donors (Lipinski definition) is 2. The van der Waals surface area contributed by atoms with Crippen molar-refractivity contribution in [3.8, 4) is 0 Å². The lowest BCUT2D eigenvalue weighted by Crippen LogP contribution is -2.17. The molecule has 20 heavy (non-hydrogen) atoms. The van der Waals surface area contributed by atoms with Crippen LogP contribution in [-0.4, -0.2) is 35.1 Å². The highest BCUT2D eigenvalue weighted by Gasteiger charge is 2.28. The van der Waals surface area contributed by atoms with E-state index < -0.39 is 0 Å². The van der Waals surface area contributed by atoms with Gasteiger partial charge in [-0.3, -0.25) is 0 Å². The maximum absolute atomic E-state index is 10.1. The number of hydrogen-bond acceptors (Lipinski definition) is 3. The largest absolute Gasteiger partial charge is 0.396 e. The summed E-state index contributed by atoms with van der Waals surface area (Å²) in [6.45, 7) is 12.3. The van der Waals surface area contributed by atoms with Crippen LogP contribution in [-0.2, 0) is 4.74 Å². The van der Waals surface area contributed by atoms with Crippen molar-refractivity contribution in [2.45, 2.75) is 70.7 Å². The molecule has 1 unspecified atom stereocenters. The van der Waals surface area contributed by atoms with Crippen LogP contribution in [0.2, 0.25) is 0 Å². The van der Waals surface area contributed by atoms with Gasteiger partial charge in [0.2, 0.25) is 0 Å². The molecule has 1 rings (SSSR count). The Morgan fingerprint density at radius 3 is 2.75 bits per heavy atom. The van der Waals surface area contributed by atoms with Crippen molar-refractivity contribution < 1.29 is 14.9 Å². The number of ether oxygens (including phenoxy) is 1. The van der Waals surface area contributed by atoms with Gasteiger partial charge in [-0.2, -0.15) is 0 Å². The molecular formula is C17H30O3. The summed E-state index contributed by atoms with van der Waals surface area (Å²) in [5.41, 5.74) is 2.25. The van der Waals surface area contributed by atoms with Gasteiger partial charge >= 0.3 is 0 Å². The van der Waals surface area contributed by atoms with Crippen LogP contribution in [0, 0.1) is 5.92 Å². The number of aliphatic hydroxyl groups is 2. The molecule has 1 aliphatic rings. The van der Waals surface area contributed by atoms with Gasteiger partial charge in [-0.05, 0) is 56.9 Å². The molecule has 3 nitrogen and oxygen atoms in total. The minimum Gasteiger partial charge on any atom is -0.396 e. The lowest BCUT2D eigenvalue weighted by molar-refractivity contribution is 0.0291. The minimum absolute atomic E-state index is 0.0773. The van der Waals surface area contributed by atoms with Crippen molar-refractivity contribution in [3.63, 3.8) is 0 Å². The summed E-state index contributed by atoms with van der Waals surface area (Å²) in [6.07, 6.45) is 4.89. The van der Waals surface area contributed by atoms with Gasteiger partial charge in [-0.15, -0.1) is 0 Å². The molecule has 0 aliphatic carbocycles. The minimum atomic E-state index is -0.297. The quantitative estimate of drug-likeness (QED) is 0.638. The Balaban J connectivity index is 2.27. The van der Waals surface area contributed by atoms with E-state index in [9.17, 15) is 5.11 Å². The molecule has 3 heteroatoms. The van der Waals surface area contributed by atoms with Crippen molar-refractivity contribution >= 4 is 0 Å². The summed E-state index contributed by atoms with van der Waals surface area (Å²) in [4.78, 5) is 0. The molecule has 0 bridgehead atoms. The SMILES string of the molecule is C=C(C)C(C)C[C@H](O)CC[C@@H]1O[C@@H](CCCO)CC1=C. The number of rotatable bonds is 9. The molecule has 0 radical (unpaired) electrons. The molecule has 0 aromatic rings. The van der Waals surface area contributed by atoms with Crippen molar-refractivity contribution in [1.82, 2.24) is 0 Å². The van der Waals surface area contributed by atoms with Crippen LogP contribution in [0.3, 0.4) is 0 Å². The van der Waals surface area contributed by atoms with Crippen molar-refractivity contribution in [2.24, 2.45) is 5.92 Å². The normalized spacial score (nSPS) is 25.7. The first kappa shape index (κ1) is 17.4. The van der Waals surface area contributed by atoms with E-state index in [4.69, 9.17) is 9.84 Å². The highest BCUT2D eigenvalue weighted by Crippen LogP contribution is 2.30.